The van der Waals surface area contributed by atoms with Crippen molar-refractivity contribution in [2.45, 2.75) is 5.85 Å². The van der Waals surface area contributed by atoms with E-state index in [1.165, 1.54) is 0 Å². The second-order valence-electron chi connectivity index (χ2n) is 3.88. The summed E-state index contributed by atoms with van der Waals surface area (Å²) in [7, 11) is 0. The highest BCUT2D eigenvalue weighted by molar-refractivity contribution is 7.80. The molecule has 0 aliphatic carbocycles. The number of nitrogens with two attached hydrogens (primary N) is 1. The molecule has 3 rings (SSSR count). The molecule has 2 aliphatic rings. The van der Waals surface area contributed by atoms with E-state index in [1.54, 1.807) is 6.07 Å². The minimum Gasteiger partial charge on any atom is -0.443 e. The lowest BCUT2D eigenvalue weighted by Gasteiger charge is -2.34. The van der Waals surface area contributed by atoms with E-state index in [0.717, 1.165) is 5.69 Å². The number of hydrogen-bond donors (Lipinski definition) is 4. The molecule has 0 saturated heterocycles. The van der Waals surface area contributed by atoms with E-state index in [2.05, 4.69) is 16.0 Å². The summed E-state index contributed by atoms with van der Waals surface area (Å²) in [5.74, 6) is -0.401. The predicted octanol–water partition coefficient (Wildman–Crippen LogP) is 0.316. The summed E-state index contributed by atoms with van der Waals surface area (Å²) in [4.78, 5) is 0. The van der Waals surface area contributed by atoms with Crippen molar-refractivity contribution in [1.29, 1.82) is 5.26 Å². The molecule has 0 amide bonds. The van der Waals surface area contributed by atoms with Gasteiger partial charge in [-0.25, -0.2) is 0 Å². The molecule has 7 heteroatoms. The van der Waals surface area contributed by atoms with Gasteiger partial charge in [-0.1, -0.05) is 12.1 Å². The molecular weight excluding hydrogens is 250 g/mol. The number of anilines is 1. The van der Waals surface area contributed by atoms with Crippen molar-refractivity contribution in [3.05, 3.63) is 35.7 Å². The first-order valence-electron chi connectivity index (χ1n) is 5.20. The predicted molar refractivity (Wildman–Crippen MR) is 69.1 cm³/mol. The lowest BCUT2D eigenvalue weighted by molar-refractivity contribution is 0.141. The van der Waals surface area contributed by atoms with Gasteiger partial charge in [0.05, 0.1) is 5.69 Å². The quantitative estimate of drug-likeness (QED) is 0.498. The van der Waals surface area contributed by atoms with E-state index in [4.69, 9.17) is 22.7 Å². The van der Waals surface area contributed by atoms with Crippen LogP contribution in [0, 0.1) is 11.3 Å². The van der Waals surface area contributed by atoms with Crippen LogP contribution in [0.3, 0.4) is 0 Å². The zero-order valence-corrected chi connectivity index (χ0v) is 9.97. The normalized spacial score (nSPS) is 24.5. The van der Waals surface area contributed by atoms with Gasteiger partial charge in [0.2, 0.25) is 0 Å². The maximum absolute atomic E-state index is 9.22. The summed E-state index contributed by atoms with van der Waals surface area (Å²) in [6, 6.07) is 9.39. The van der Waals surface area contributed by atoms with Crippen molar-refractivity contribution in [2.75, 3.05) is 5.32 Å². The second-order valence-corrected chi connectivity index (χ2v) is 4.29. The van der Waals surface area contributed by atoms with Crippen LogP contribution in [0.25, 0.3) is 0 Å². The average Bonchev–Trinajstić information content (AvgIpc) is 2.66. The summed E-state index contributed by atoms with van der Waals surface area (Å²) in [5.41, 5.74) is 6.76. The van der Waals surface area contributed by atoms with Gasteiger partial charge < -0.3 is 26.4 Å². The summed E-state index contributed by atoms with van der Waals surface area (Å²) in [6.07, 6.45) is 0. The Morgan fingerprint density at radius 3 is 2.83 bits per heavy atom. The molecule has 1 atom stereocenters. The van der Waals surface area contributed by atoms with E-state index in [9.17, 15) is 5.26 Å². The summed E-state index contributed by atoms with van der Waals surface area (Å²) in [6.45, 7) is 0. The molecule has 6 nitrogen and oxygen atoms in total. The van der Waals surface area contributed by atoms with Gasteiger partial charge in [-0.2, -0.15) is 5.26 Å². The van der Waals surface area contributed by atoms with Crippen LogP contribution < -0.4 is 26.4 Å². The Hall–Kier alpha value is -2.46. The zero-order chi connectivity index (χ0) is 12.8. The fraction of sp³-hybridized carbons (Fsp3) is 0.0909. The Morgan fingerprint density at radius 1 is 1.33 bits per heavy atom. The molecule has 1 aromatic carbocycles. The van der Waals surface area contributed by atoms with Gasteiger partial charge in [-0.05, 0) is 24.4 Å². The average molecular weight is 259 g/mol. The minimum absolute atomic E-state index is 0.182. The maximum Gasteiger partial charge on any atom is 0.302 e. The van der Waals surface area contributed by atoms with Crippen molar-refractivity contribution in [3.63, 3.8) is 0 Å². The molecule has 90 valence electrons. The molecule has 2 heterocycles. The smallest absolute Gasteiger partial charge is 0.302 e. The van der Waals surface area contributed by atoms with Crippen LogP contribution in [0.1, 0.15) is 0 Å². The highest BCUT2D eigenvalue weighted by atomic mass is 32.1. The number of nitrogens with one attached hydrogen (secondary N) is 3. The first-order valence-corrected chi connectivity index (χ1v) is 5.61. The molecule has 1 spiro atoms. The number of nitrogens with zero attached hydrogens (tertiary/aromatic N) is 1. The molecule has 0 fully saturated rings. The molecule has 18 heavy (non-hydrogen) atoms. The Bertz CT molecular complexity index is 593. The van der Waals surface area contributed by atoms with Crippen LogP contribution in [0.15, 0.2) is 35.7 Å². The molecule has 0 bridgehead atoms. The Labute approximate surface area is 108 Å². The Kier molecular flexibility index (Phi) is 2.09. The summed E-state index contributed by atoms with van der Waals surface area (Å²) >= 11 is 5.04. The molecule has 5 N–H and O–H groups in total. The third kappa shape index (κ3) is 1.36. The van der Waals surface area contributed by atoms with E-state index in [0.29, 0.717) is 10.9 Å². The first-order chi connectivity index (χ1) is 8.64. The highest BCUT2D eigenvalue weighted by Crippen LogP contribution is 2.39. The van der Waals surface area contributed by atoms with Crippen molar-refractivity contribution < 1.29 is 4.74 Å². The molecule has 0 saturated carbocycles. The maximum atomic E-state index is 9.22. The minimum atomic E-state index is -1.22. The first kappa shape index (κ1) is 10.7. The number of ether oxygens (including phenoxy) is 1. The van der Waals surface area contributed by atoms with Crippen molar-refractivity contribution in [2.24, 2.45) is 5.73 Å². The summed E-state index contributed by atoms with van der Waals surface area (Å²) in [5, 5.41) is 18.2. The lowest BCUT2D eigenvalue weighted by atomic mass is 10.1. The fourth-order valence-corrected chi connectivity index (χ4v) is 2.23. The highest BCUT2D eigenvalue weighted by Gasteiger charge is 2.47. The SMILES string of the molecule is N#CC1=C(N)NC(=S)NC12Nc1ccccc1O2. The molecule has 0 aromatic heterocycles. The van der Waals surface area contributed by atoms with E-state index in [-0.39, 0.29) is 11.4 Å². The van der Waals surface area contributed by atoms with Crippen molar-refractivity contribution >= 4 is 23.0 Å². The number of nitriles is 1. The third-order valence-corrected chi connectivity index (χ3v) is 2.94. The molecule has 0 radical (unpaired) electrons. The molecular formula is C11H9N5OS. The van der Waals surface area contributed by atoms with Crippen LogP contribution in [0.4, 0.5) is 5.69 Å². The van der Waals surface area contributed by atoms with Gasteiger partial charge in [0.15, 0.2) is 10.7 Å². The van der Waals surface area contributed by atoms with Gasteiger partial charge in [-0.3, -0.25) is 0 Å². The second kappa shape index (κ2) is 3.51. The van der Waals surface area contributed by atoms with Gasteiger partial charge >= 0.3 is 5.85 Å². The van der Waals surface area contributed by atoms with Crippen molar-refractivity contribution in [1.82, 2.24) is 10.6 Å². The van der Waals surface area contributed by atoms with E-state index < -0.39 is 5.85 Å². The van der Waals surface area contributed by atoms with Gasteiger partial charge in [0.25, 0.3) is 0 Å². The van der Waals surface area contributed by atoms with Crippen LogP contribution in [-0.4, -0.2) is 11.0 Å². The van der Waals surface area contributed by atoms with E-state index >= 15 is 0 Å². The third-order valence-electron chi connectivity index (χ3n) is 2.73. The standard InChI is InChI=1S/C11H9N5OS/c12-5-6-9(13)14-10(18)16-11(6)15-7-3-1-2-4-8(7)17-11/h1-4,15H,13H2,(H2,14,16,18). The van der Waals surface area contributed by atoms with Crippen LogP contribution in [-0.2, 0) is 0 Å². The number of para-hydroxylation sites is 2. The van der Waals surface area contributed by atoms with Gasteiger partial charge in [-0.15, -0.1) is 0 Å². The Balaban J connectivity index is 2.10. The molecule has 1 aromatic rings. The number of benzene rings is 1. The largest absolute Gasteiger partial charge is 0.443 e. The van der Waals surface area contributed by atoms with Crippen LogP contribution in [0.2, 0.25) is 0 Å². The summed E-state index contributed by atoms with van der Waals surface area (Å²) < 4.78 is 5.77. The van der Waals surface area contributed by atoms with Crippen LogP contribution in [0.5, 0.6) is 5.75 Å². The van der Waals surface area contributed by atoms with Gasteiger partial charge in [0.1, 0.15) is 17.6 Å². The topological polar surface area (TPSA) is 95.1 Å². The van der Waals surface area contributed by atoms with Crippen molar-refractivity contribution in [3.8, 4) is 11.8 Å². The number of rotatable bonds is 0. The molecule has 2 aliphatic heterocycles. The Morgan fingerprint density at radius 2 is 2.11 bits per heavy atom. The monoisotopic (exact) mass is 259 g/mol. The molecule has 1 unspecified atom stereocenters. The fourth-order valence-electron chi connectivity index (χ4n) is 1.98. The number of fused-ring (bicyclic) bond motifs is 1. The lowest BCUT2D eigenvalue weighted by Crippen LogP contribution is -2.64. The van der Waals surface area contributed by atoms with Gasteiger partial charge in [0, 0.05) is 0 Å². The van der Waals surface area contributed by atoms with Crippen LogP contribution >= 0.6 is 12.2 Å². The number of thiocarbonyl (C=S) groups is 1. The van der Waals surface area contributed by atoms with E-state index in [1.807, 2.05) is 24.3 Å². The number of hydrogen-bond acceptors (Lipinski definition) is 5. The zero-order valence-electron chi connectivity index (χ0n) is 9.15.